The first-order chi connectivity index (χ1) is 13.7. The molecular formula is C21H18BrN3O3. The van der Waals surface area contributed by atoms with Gasteiger partial charge in [-0.3, -0.25) is 4.79 Å². The van der Waals surface area contributed by atoms with Gasteiger partial charge in [0, 0.05) is 17.1 Å². The molecule has 0 aliphatic heterocycles. The molecule has 0 saturated heterocycles. The second-order valence-corrected chi connectivity index (χ2v) is 6.87. The van der Waals surface area contributed by atoms with Crippen LogP contribution in [0.2, 0.25) is 0 Å². The van der Waals surface area contributed by atoms with E-state index in [2.05, 4.69) is 32.3 Å². The van der Waals surface area contributed by atoms with Crippen LogP contribution >= 0.6 is 15.9 Å². The maximum atomic E-state index is 12.2. The lowest BCUT2D eigenvalue weighted by Gasteiger charge is -2.11. The zero-order valence-corrected chi connectivity index (χ0v) is 16.6. The average molecular weight is 440 g/mol. The molecule has 0 unspecified atom stereocenters. The van der Waals surface area contributed by atoms with Gasteiger partial charge in [-0.05, 0) is 53.6 Å². The summed E-state index contributed by atoms with van der Waals surface area (Å²) < 4.78 is 12.2. The maximum Gasteiger partial charge on any atom is 0.263 e. The number of amides is 1. The summed E-state index contributed by atoms with van der Waals surface area (Å²) in [4.78, 5) is 16.4. The van der Waals surface area contributed by atoms with Crippen molar-refractivity contribution in [2.75, 3.05) is 18.5 Å². The van der Waals surface area contributed by atoms with Crippen molar-refractivity contribution < 1.29 is 14.3 Å². The van der Waals surface area contributed by atoms with Crippen molar-refractivity contribution in [1.29, 1.82) is 5.26 Å². The number of unbranched alkanes of at least 4 members (excludes halogenated alkanes) is 1. The highest BCUT2D eigenvalue weighted by Crippen LogP contribution is 2.24. The summed E-state index contributed by atoms with van der Waals surface area (Å²) >= 11 is 3.45. The van der Waals surface area contributed by atoms with Crippen LogP contribution in [0.3, 0.4) is 0 Å². The normalized spacial score (nSPS) is 10.3. The third-order valence-electron chi connectivity index (χ3n) is 3.86. The van der Waals surface area contributed by atoms with Crippen molar-refractivity contribution >= 4 is 38.4 Å². The molecule has 1 N–H and O–H groups in total. The van der Waals surface area contributed by atoms with E-state index in [4.69, 9.17) is 14.7 Å². The number of anilines is 1. The Morgan fingerprint density at radius 1 is 1.14 bits per heavy atom. The first kappa shape index (κ1) is 19.6. The van der Waals surface area contributed by atoms with Crippen LogP contribution in [-0.4, -0.2) is 24.1 Å². The molecule has 7 heteroatoms. The van der Waals surface area contributed by atoms with Crippen LogP contribution in [0.5, 0.6) is 11.5 Å². The summed E-state index contributed by atoms with van der Waals surface area (Å²) in [6.45, 7) is 0.234. The Hall–Kier alpha value is -3.11. The Morgan fingerprint density at radius 3 is 2.82 bits per heavy atom. The van der Waals surface area contributed by atoms with E-state index in [1.54, 1.807) is 18.3 Å². The summed E-state index contributed by atoms with van der Waals surface area (Å²) in [6, 6.07) is 17.1. The number of carbonyl (C=O) groups is 1. The third kappa shape index (κ3) is 5.44. The van der Waals surface area contributed by atoms with E-state index in [1.165, 1.54) is 0 Å². The van der Waals surface area contributed by atoms with Crippen molar-refractivity contribution in [1.82, 2.24) is 4.98 Å². The van der Waals surface area contributed by atoms with E-state index < -0.39 is 0 Å². The zero-order chi connectivity index (χ0) is 19.8. The summed E-state index contributed by atoms with van der Waals surface area (Å²) in [6.07, 6.45) is 2.60. The number of benzene rings is 2. The van der Waals surface area contributed by atoms with Gasteiger partial charge in [0.05, 0.1) is 12.7 Å². The van der Waals surface area contributed by atoms with Gasteiger partial charge in [0.15, 0.2) is 18.2 Å². The fourth-order valence-electron chi connectivity index (χ4n) is 2.54. The number of aromatic nitrogens is 1. The fraction of sp³-hybridized carbons (Fsp3) is 0.190. The van der Waals surface area contributed by atoms with Crippen molar-refractivity contribution in [3.05, 3.63) is 59.2 Å². The van der Waals surface area contributed by atoms with Gasteiger partial charge in [-0.2, -0.15) is 5.26 Å². The molecule has 0 spiro atoms. The highest BCUT2D eigenvalue weighted by Gasteiger charge is 2.10. The molecule has 142 valence electrons. The van der Waals surface area contributed by atoms with Gasteiger partial charge in [0.25, 0.3) is 5.91 Å². The molecule has 0 saturated carbocycles. The Morgan fingerprint density at radius 2 is 1.96 bits per heavy atom. The minimum absolute atomic E-state index is 0.146. The van der Waals surface area contributed by atoms with Gasteiger partial charge in [-0.15, -0.1) is 0 Å². The molecule has 0 atom stereocenters. The minimum Gasteiger partial charge on any atom is -0.490 e. The molecule has 1 aromatic heterocycles. The van der Waals surface area contributed by atoms with Crippen molar-refractivity contribution in [3.8, 4) is 17.6 Å². The van der Waals surface area contributed by atoms with Gasteiger partial charge < -0.3 is 14.8 Å². The van der Waals surface area contributed by atoms with E-state index >= 15 is 0 Å². The van der Waals surface area contributed by atoms with Crippen molar-refractivity contribution in [2.45, 2.75) is 12.8 Å². The average Bonchev–Trinajstić information content (AvgIpc) is 2.71. The second kappa shape index (κ2) is 9.72. The molecule has 0 aliphatic carbocycles. The standard InChI is InChI=1S/C21H18BrN3O3/c22-17-7-5-16-13-18(8-6-15(16)12-17)28-14-20(26)25-21-19(4-3-10-24-21)27-11-2-1-9-23/h3-8,10,12-13H,1-2,11,14H2,(H,24,25,26). The number of hydrogen-bond donors (Lipinski definition) is 1. The minimum atomic E-state index is -0.337. The van der Waals surface area contributed by atoms with E-state index in [0.29, 0.717) is 36.8 Å². The Labute approximate surface area is 171 Å². The predicted molar refractivity (Wildman–Crippen MR) is 110 cm³/mol. The highest BCUT2D eigenvalue weighted by molar-refractivity contribution is 9.10. The van der Waals surface area contributed by atoms with Crippen LogP contribution < -0.4 is 14.8 Å². The predicted octanol–water partition coefficient (Wildman–Crippen LogP) is 4.70. The molecule has 3 rings (SSSR count). The highest BCUT2D eigenvalue weighted by atomic mass is 79.9. The Bertz CT molecular complexity index is 1020. The molecular weight excluding hydrogens is 422 g/mol. The summed E-state index contributed by atoms with van der Waals surface area (Å²) in [7, 11) is 0. The number of pyridine rings is 1. The molecule has 0 aliphatic rings. The molecule has 1 amide bonds. The molecule has 0 bridgehead atoms. The van der Waals surface area contributed by atoms with Crippen LogP contribution in [0, 0.1) is 11.3 Å². The largest absolute Gasteiger partial charge is 0.490 e. The van der Waals surface area contributed by atoms with Gasteiger partial charge in [-0.25, -0.2) is 4.98 Å². The molecule has 2 aromatic carbocycles. The lowest BCUT2D eigenvalue weighted by Crippen LogP contribution is -2.21. The Kier molecular flexibility index (Phi) is 6.82. The van der Waals surface area contributed by atoms with Gasteiger partial charge in [-0.1, -0.05) is 28.1 Å². The molecule has 28 heavy (non-hydrogen) atoms. The van der Waals surface area contributed by atoms with Crippen LogP contribution in [0.4, 0.5) is 5.82 Å². The quantitative estimate of drug-likeness (QED) is 0.514. The van der Waals surface area contributed by atoms with Crippen LogP contribution in [0.15, 0.2) is 59.2 Å². The molecule has 6 nitrogen and oxygen atoms in total. The number of fused-ring (bicyclic) bond motifs is 1. The summed E-state index contributed by atoms with van der Waals surface area (Å²) in [5.74, 6) is 1.07. The number of ether oxygens (including phenoxy) is 2. The molecule has 0 radical (unpaired) electrons. The second-order valence-electron chi connectivity index (χ2n) is 5.95. The van der Waals surface area contributed by atoms with E-state index in [9.17, 15) is 4.79 Å². The number of nitrogens with one attached hydrogen (secondary N) is 1. The van der Waals surface area contributed by atoms with E-state index in [0.717, 1.165) is 15.2 Å². The first-order valence-electron chi connectivity index (χ1n) is 8.72. The van der Waals surface area contributed by atoms with Gasteiger partial charge in [0.2, 0.25) is 0 Å². The van der Waals surface area contributed by atoms with Crippen molar-refractivity contribution in [3.63, 3.8) is 0 Å². The number of nitriles is 1. The zero-order valence-electron chi connectivity index (χ0n) is 15.0. The van der Waals surface area contributed by atoms with Gasteiger partial charge >= 0.3 is 0 Å². The van der Waals surface area contributed by atoms with Gasteiger partial charge in [0.1, 0.15) is 5.75 Å². The number of carbonyl (C=O) groups excluding carboxylic acids is 1. The lowest BCUT2D eigenvalue weighted by atomic mass is 10.1. The van der Waals surface area contributed by atoms with Crippen LogP contribution in [0.1, 0.15) is 12.8 Å². The monoisotopic (exact) mass is 439 g/mol. The smallest absolute Gasteiger partial charge is 0.263 e. The number of halogens is 1. The molecule has 0 fully saturated rings. The number of nitrogens with zero attached hydrogens (tertiary/aromatic N) is 2. The third-order valence-corrected chi connectivity index (χ3v) is 4.36. The van der Waals surface area contributed by atoms with E-state index in [1.807, 2.05) is 36.4 Å². The summed E-state index contributed by atoms with van der Waals surface area (Å²) in [5, 5.41) is 13.4. The van der Waals surface area contributed by atoms with Crippen LogP contribution in [0.25, 0.3) is 10.8 Å². The first-order valence-corrected chi connectivity index (χ1v) is 9.52. The maximum absolute atomic E-state index is 12.2. The molecule has 1 heterocycles. The van der Waals surface area contributed by atoms with Crippen LogP contribution in [-0.2, 0) is 4.79 Å². The topological polar surface area (TPSA) is 84.2 Å². The lowest BCUT2D eigenvalue weighted by molar-refractivity contribution is -0.118. The van der Waals surface area contributed by atoms with E-state index in [-0.39, 0.29) is 12.5 Å². The Balaban J connectivity index is 1.57. The van der Waals surface area contributed by atoms with Crippen molar-refractivity contribution in [2.24, 2.45) is 0 Å². The number of hydrogen-bond acceptors (Lipinski definition) is 5. The number of rotatable bonds is 8. The fourth-order valence-corrected chi connectivity index (χ4v) is 2.91. The molecule has 3 aromatic rings. The SMILES string of the molecule is N#CCCCOc1cccnc1NC(=O)COc1ccc2cc(Br)ccc2c1. The summed E-state index contributed by atoms with van der Waals surface area (Å²) in [5.41, 5.74) is 0.